The third kappa shape index (κ3) is 4.74. The lowest BCUT2D eigenvalue weighted by Gasteiger charge is -2.10. The largest absolute Gasteiger partial charge is 0.494 e. The molecule has 1 aromatic heterocycles. The number of hydrogen-bond donors (Lipinski definition) is 1. The summed E-state index contributed by atoms with van der Waals surface area (Å²) in [6.07, 6.45) is 3.31. The molecule has 0 spiro atoms. The van der Waals surface area contributed by atoms with E-state index < -0.39 is 0 Å². The van der Waals surface area contributed by atoms with Crippen LogP contribution in [0.1, 0.15) is 23.0 Å². The lowest BCUT2D eigenvalue weighted by Crippen LogP contribution is -2.07. The second kappa shape index (κ2) is 9.01. The summed E-state index contributed by atoms with van der Waals surface area (Å²) in [5.41, 5.74) is 2.27. The van der Waals surface area contributed by atoms with Crippen molar-refractivity contribution in [3.63, 3.8) is 0 Å². The van der Waals surface area contributed by atoms with Gasteiger partial charge in [-0.3, -0.25) is 9.78 Å². The Balaban J connectivity index is 1.91. The molecular formula is C22H19ClN2O2. The van der Waals surface area contributed by atoms with Crippen molar-refractivity contribution < 1.29 is 9.53 Å². The maximum atomic E-state index is 13.1. The van der Waals surface area contributed by atoms with E-state index in [0.717, 1.165) is 11.4 Å². The van der Waals surface area contributed by atoms with Crippen molar-refractivity contribution in [1.82, 2.24) is 4.98 Å². The van der Waals surface area contributed by atoms with Crippen molar-refractivity contribution in [1.29, 1.82) is 0 Å². The maximum absolute atomic E-state index is 13.1. The molecule has 1 N–H and O–H groups in total. The third-order valence-corrected chi connectivity index (χ3v) is 4.18. The van der Waals surface area contributed by atoms with Crippen LogP contribution in [0.2, 0.25) is 5.02 Å². The summed E-state index contributed by atoms with van der Waals surface area (Å²) in [5.74, 6) is 0.599. The topological polar surface area (TPSA) is 51.2 Å². The first-order valence-electron chi connectivity index (χ1n) is 8.59. The normalized spacial score (nSPS) is 11.1. The molecule has 0 bridgehead atoms. The number of ether oxygens (including phenoxy) is 1. The summed E-state index contributed by atoms with van der Waals surface area (Å²) < 4.78 is 5.44. The van der Waals surface area contributed by atoms with Gasteiger partial charge in [0.1, 0.15) is 5.75 Å². The highest BCUT2D eigenvalue weighted by Gasteiger charge is 2.17. The Kier molecular flexibility index (Phi) is 6.23. The van der Waals surface area contributed by atoms with Gasteiger partial charge < -0.3 is 10.1 Å². The Labute approximate surface area is 163 Å². The van der Waals surface area contributed by atoms with Gasteiger partial charge >= 0.3 is 0 Å². The molecule has 1 heterocycles. The Morgan fingerprint density at radius 1 is 1.07 bits per heavy atom. The number of benzene rings is 2. The van der Waals surface area contributed by atoms with Gasteiger partial charge in [-0.15, -0.1) is 0 Å². The van der Waals surface area contributed by atoms with Crippen LogP contribution in [-0.2, 0) is 0 Å². The van der Waals surface area contributed by atoms with E-state index in [1.165, 1.54) is 0 Å². The Hall–Kier alpha value is -3.11. The predicted octanol–water partition coefficient (Wildman–Crippen LogP) is 5.47. The van der Waals surface area contributed by atoms with E-state index >= 15 is 0 Å². The van der Waals surface area contributed by atoms with E-state index in [9.17, 15) is 4.79 Å². The minimum atomic E-state index is -0.197. The number of halogens is 1. The van der Waals surface area contributed by atoms with Crippen LogP contribution in [0.4, 0.5) is 5.69 Å². The first-order valence-corrected chi connectivity index (χ1v) is 8.97. The van der Waals surface area contributed by atoms with E-state index in [2.05, 4.69) is 10.3 Å². The molecule has 0 saturated carbocycles. The number of pyridine rings is 1. The summed E-state index contributed by atoms with van der Waals surface area (Å²) in [6, 6.07) is 19.9. The highest BCUT2D eigenvalue weighted by atomic mass is 35.5. The molecule has 0 aliphatic rings. The highest BCUT2D eigenvalue weighted by molar-refractivity contribution is 6.38. The zero-order valence-corrected chi connectivity index (χ0v) is 15.6. The fourth-order valence-electron chi connectivity index (χ4n) is 2.54. The first kappa shape index (κ1) is 18.7. The monoisotopic (exact) mass is 378 g/mol. The SMILES string of the molecule is CCOc1ccc(N/C=C(\C(=O)c2ccccc2Cl)c2ccccn2)cc1. The number of ketones is 1. The minimum Gasteiger partial charge on any atom is -0.494 e. The van der Waals surface area contributed by atoms with Crippen LogP contribution in [0.3, 0.4) is 0 Å². The fraction of sp³-hybridized carbons (Fsp3) is 0.0909. The standard InChI is InChI=1S/C22H19ClN2O2/c1-2-27-17-12-10-16(11-13-17)25-15-19(21-9-5-6-14-24-21)22(26)18-7-3-4-8-20(18)23/h3-15,25H,2H2,1H3/b19-15-. The lowest BCUT2D eigenvalue weighted by molar-refractivity contribution is 0.105. The molecule has 0 unspecified atom stereocenters. The predicted molar refractivity (Wildman–Crippen MR) is 109 cm³/mol. The van der Waals surface area contributed by atoms with Crippen molar-refractivity contribution in [2.75, 3.05) is 11.9 Å². The fourth-order valence-corrected chi connectivity index (χ4v) is 2.76. The number of allylic oxidation sites excluding steroid dienone is 1. The van der Waals surface area contributed by atoms with Gasteiger partial charge in [-0.25, -0.2) is 0 Å². The number of Topliss-reactive ketones (excluding diaryl/α,β-unsaturated/α-hetero) is 1. The molecule has 27 heavy (non-hydrogen) atoms. The van der Waals surface area contributed by atoms with E-state index in [1.54, 1.807) is 48.8 Å². The lowest BCUT2D eigenvalue weighted by atomic mass is 10.0. The molecule has 2 aromatic carbocycles. The molecule has 0 aliphatic carbocycles. The van der Waals surface area contributed by atoms with Crippen LogP contribution in [0.25, 0.3) is 5.57 Å². The maximum Gasteiger partial charge on any atom is 0.198 e. The Morgan fingerprint density at radius 3 is 2.48 bits per heavy atom. The van der Waals surface area contributed by atoms with Gasteiger partial charge in [-0.05, 0) is 55.5 Å². The van der Waals surface area contributed by atoms with Crippen LogP contribution < -0.4 is 10.1 Å². The van der Waals surface area contributed by atoms with Gasteiger partial charge in [0.2, 0.25) is 0 Å². The zero-order chi connectivity index (χ0) is 19.1. The average Bonchev–Trinajstić information content (AvgIpc) is 2.70. The van der Waals surface area contributed by atoms with Crippen LogP contribution in [0.5, 0.6) is 5.75 Å². The van der Waals surface area contributed by atoms with Crippen LogP contribution >= 0.6 is 11.6 Å². The first-order chi connectivity index (χ1) is 13.2. The number of aromatic nitrogens is 1. The molecule has 4 nitrogen and oxygen atoms in total. The smallest absolute Gasteiger partial charge is 0.198 e. The number of rotatable bonds is 7. The number of anilines is 1. The van der Waals surface area contributed by atoms with Crippen LogP contribution in [0.15, 0.2) is 79.1 Å². The molecule has 0 atom stereocenters. The molecule has 0 aliphatic heterocycles. The van der Waals surface area contributed by atoms with E-state index in [-0.39, 0.29) is 5.78 Å². The van der Waals surface area contributed by atoms with Gasteiger partial charge in [-0.2, -0.15) is 0 Å². The van der Waals surface area contributed by atoms with Gasteiger partial charge in [0.05, 0.1) is 22.9 Å². The van der Waals surface area contributed by atoms with Gasteiger partial charge in [0.25, 0.3) is 0 Å². The second-order valence-corrected chi connectivity index (χ2v) is 6.09. The zero-order valence-electron chi connectivity index (χ0n) is 14.9. The van der Waals surface area contributed by atoms with E-state index in [4.69, 9.17) is 16.3 Å². The van der Waals surface area contributed by atoms with E-state index in [1.807, 2.05) is 37.3 Å². The molecule has 5 heteroatoms. The van der Waals surface area contributed by atoms with Gasteiger partial charge in [-0.1, -0.05) is 29.8 Å². The highest BCUT2D eigenvalue weighted by Crippen LogP contribution is 2.24. The number of hydrogen-bond acceptors (Lipinski definition) is 4. The van der Waals surface area contributed by atoms with Gasteiger partial charge in [0, 0.05) is 23.6 Å². The molecular weight excluding hydrogens is 360 g/mol. The van der Waals surface area contributed by atoms with Gasteiger partial charge in [0.15, 0.2) is 5.78 Å². The minimum absolute atomic E-state index is 0.197. The number of nitrogens with one attached hydrogen (secondary N) is 1. The molecule has 0 amide bonds. The van der Waals surface area contributed by atoms with Crippen molar-refractivity contribution in [2.24, 2.45) is 0 Å². The van der Waals surface area contributed by atoms with Crippen molar-refractivity contribution in [3.05, 3.63) is 95.4 Å². The molecule has 0 fully saturated rings. The van der Waals surface area contributed by atoms with E-state index in [0.29, 0.717) is 28.5 Å². The summed E-state index contributed by atoms with van der Waals surface area (Å²) in [4.78, 5) is 17.4. The molecule has 136 valence electrons. The molecule has 3 aromatic rings. The second-order valence-electron chi connectivity index (χ2n) is 5.68. The summed E-state index contributed by atoms with van der Waals surface area (Å²) in [5, 5.41) is 3.57. The average molecular weight is 379 g/mol. The number of carbonyl (C=O) groups is 1. The summed E-state index contributed by atoms with van der Waals surface area (Å²) in [7, 11) is 0. The number of carbonyl (C=O) groups excluding carboxylic acids is 1. The Morgan fingerprint density at radius 2 is 1.81 bits per heavy atom. The van der Waals surface area contributed by atoms with Crippen molar-refractivity contribution in [3.8, 4) is 5.75 Å². The van der Waals surface area contributed by atoms with Crippen LogP contribution in [0, 0.1) is 0 Å². The summed E-state index contributed by atoms with van der Waals surface area (Å²) >= 11 is 6.21. The van der Waals surface area contributed by atoms with Crippen molar-refractivity contribution >= 4 is 28.6 Å². The van der Waals surface area contributed by atoms with Crippen LogP contribution in [-0.4, -0.2) is 17.4 Å². The summed E-state index contributed by atoms with van der Waals surface area (Å²) in [6.45, 7) is 2.55. The van der Waals surface area contributed by atoms with Crippen molar-refractivity contribution in [2.45, 2.75) is 6.92 Å². The third-order valence-electron chi connectivity index (χ3n) is 3.85. The molecule has 3 rings (SSSR count). The molecule has 0 radical (unpaired) electrons. The Bertz CT molecular complexity index is 938. The quantitative estimate of drug-likeness (QED) is 0.437. The molecule has 0 saturated heterocycles. The number of nitrogens with zero attached hydrogens (tertiary/aromatic N) is 1.